The maximum Gasteiger partial charge on any atom is 2.00 e. The average Bonchev–Trinajstić information content (AvgIpc) is 2.51. The summed E-state index contributed by atoms with van der Waals surface area (Å²) < 4.78 is 0. The SMILES string of the molecule is CC(C)(C)CC(C)(C)c1ccccc1Sc1ccccc1C(C)(C)CC(C)(C)C.[Ba+2]. The van der Waals surface area contributed by atoms with Gasteiger partial charge in [-0.05, 0) is 57.8 Å². The fourth-order valence-corrected chi connectivity index (χ4v) is 6.63. The van der Waals surface area contributed by atoms with Crippen molar-refractivity contribution in [3.63, 3.8) is 0 Å². The standard InChI is InChI=1S/C28H42S.Ba/c1-25(2,3)19-27(7,8)21-15-11-13-17-23(21)29-24-18-14-12-16-22(24)28(9,10)20-26(4,5)6;/h11-18H,19-20H2,1-10H3;/q;+2. The second-order valence-corrected chi connectivity index (χ2v) is 13.4. The monoisotopic (exact) mass is 548 g/mol. The van der Waals surface area contributed by atoms with E-state index in [9.17, 15) is 0 Å². The molecule has 160 valence electrons. The Kier molecular flexibility index (Phi) is 9.97. The van der Waals surface area contributed by atoms with Crippen molar-refractivity contribution in [1.82, 2.24) is 0 Å². The van der Waals surface area contributed by atoms with Crippen LogP contribution < -0.4 is 0 Å². The van der Waals surface area contributed by atoms with E-state index in [2.05, 4.69) is 118 Å². The summed E-state index contributed by atoms with van der Waals surface area (Å²) in [5.74, 6) is 0. The van der Waals surface area contributed by atoms with Gasteiger partial charge in [-0.15, -0.1) is 0 Å². The molecule has 2 heteroatoms. The minimum atomic E-state index is 0. The molecule has 0 unspecified atom stereocenters. The van der Waals surface area contributed by atoms with Crippen molar-refractivity contribution in [2.75, 3.05) is 0 Å². The first-order chi connectivity index (χ1) is 13.1. The summed E-state index contributed by atoms with van der Waals surface area (Å²) in [4.78, 5) is 2.78. The molecule has 0 saturated carbocycles. The van der Waals surface area contributed by atoms with Gasteiger partial charge in [0.25, 0.3) is 0 Å². The molecule has 0 heterocycles. The van der Waals surface area contributed by atoms with E-state index in [0.717, 1.165) is 12.8 Å². The molecule has 0 aliphatic rings. The van der Waals surface area contributed by atoms with Crippen LogP contribution in [0.25, 0.3) is 0 Å². The van der Waals surface area contributed by atoms with E-state index in [1.165, 1.54) is 20.9 Å². The molecule has 0 radical (unpaired) electrons. The van der Waals surface area contributed by atoms with E-state index in [1.807, 2.05) is 11.8 Å². The third-order valence-corrected chi connectivity index (χ3v) is 6.55. The predicted octanol–water partition coefficient (Wildman–Crippen LogP) is 8.88. The Morgan fingerprint density at radius 3 is 1.13 bits per heavy atom. The van der Waals surface area contributed by atoms with Gasteiger partial charge in [-0.25, -0.2) is 0 Å². The van der Waals surface area contributed by atoms with Gasteiger partial charge in [0.05, 0.1) is 0 Å². The second-order valence-electron chi connectivity index (χ2n) is 12.3. The van der Waals surface area contributed by atoms with Gasteiger partial charge in [0.15, 0.2) is 0 Å². The van der Waals surface area contributed by atoms with Crippen molar-refractivity contribution >= 4 is 60.6 Å². The molecule has 0 fully saturated rings. The molecule has 0 atom stereocenters. The molecule has 0 aliphatic heterocycles. The summed E-state index contributed by atoms with van der Waals surface area (Å²) in [6.07, 6.45) is 2.32. The van der Waals surface area contributed by atoms with Crippen molar-refractivity contribution in [1.29, 1.82) is 0 Å². The summed E-state index contributed by atoms with van der Waals surface area (Å²) in [5, 5.41) is 0. The van der Waals surface area contributed by atoms with Crippen LogP contribution in [0.3, 0.4) is 0 Å². The molecule has 30 heavy (non-hydrogen) atoms. The molecule has 0 nitrogen and oxygen atoms in total. The summed E-state index contributed by atoms with van der Waals surface area (Å²) in [6.45, 7) is 23.6. The molecule has 0 spiro atoms. The van der Waals surface area contributed by atoms with Crippen molar-refractivity contribution in [3.8, 4) is 0 Å². The molecular weight excluding hydrogens is 506 g/mol. The van der Waals surface area contributed by atoms with Crippen LogP contribution in [0.2, 0.25) is 0 Å². The third-order valence-electron chi connectivity index (χ3n) is 5.40. The van der Waals surface area contributed by atoms with Crippen molar-refractivity contribution in [2.45, 2.75) is 103 Å². The van der Waals surface area contributed by atoms with Gasteiger partial charge in [-0.1, -0.05) is 117 Å². The quantitative estimate of drug-likeness (QED) is 0.325. The van der Waals surface area contributed by atoms with Gasteiger partial charge in [0, 0.05) is 9.79 Å². The van der Waals surface area contributed by atoms with Gasteiger partial charge in [0.2, 0.25) is 0 Å². The summed E-state index contributed by atoms with van der Waals surface area (Å²) in [6, 6.07) is 18.0. The van der Waals surface area contributed by atoms with Crippen LogP contribution in [0.15, 0.2) is 58.3 Å². The topological polar surface area (TPSA) is 0 Å². The number of hydrogen-bond acceptors (Lipinski definition) is 1. The van der Waals surface area contributed by atoms with Gasteiger partial charge < -0.3 is 0 Å². The Bertz CT molecular complexity index is 750. The minimum absolute atomic E-state index is 0. The smallest absolute Gasteiger partial charge is 0.0895 e. The zero-order chi connectivity index (χ0) is 22.1. The van der Waals surface area contributed by atoms with Crippen LogP contribution in [0.5, 0.6) is 0 Å². The Morgan fingerprint density at radius 1 is 0.533 bits per heavy atom. The Morgan fingerprint density at radius 2 is 0.833 bits per heavy atom. The van der Waals surface area contributed by atoms with Crippen molar-refractivity contribution in [3.05, 3.63) is 59.7 Å². The first-order valence-corrected chi connectivity index (χ1v) is 11.8. The Balaban J connectivity index is 0.00000450. The van der Waals surface area contributed by atoms with Crippen molar-refractivity contribution < 1.29 is 0 Å². The maximum atomic E-state index is 2.40. The number of hydrogen-bond donors (Lipinski definition) is 0. The predicted molar refractivity (Wildman–Crippen MR) is 137 cm³/mol. The Labute approximate surface area is 231 Å². The minimum Gasteiger partial charge on any atom is -0.0895 e. The van der Waals surface area contributed by atoms with E-state index in [0.29, 0.717) is 10.8 Å². The van der Waals surface area contributed by atoms with E-state index in [4.69, 9.17) is 0 Å². The first kappa shape index (κ1) is 28.4. The fraction of sp³-hybridized carbons (Fsp3) is 0.571. The molecule has 2 aromatic carbocycles. The van der Waals surface area contributed by atoms with Crippen molar-refractivity contribution in [2.24, 2.45) is 10.8 Å². The van der Waals surface area contributed by atoms with E-state index in [-0.39, 0.29) is 59.7 Å². The zero-order valence-electron chi connectivity index (χ0n) is 21.1. The summed E-state index contributed by atoms with van der Waals surface area (Å²) in [5.41, 5.74) is 3.80. The molecule has 2 aromatic rings. The zero-order valence-corrected chi connectivity index (χ0v) is 26.4. The number of rotatable bonds is 6. The maximum absolute atomic E-state index is 2.40. The molecule has 0 N–H and O–H groups in total. The fourth-order valence-electron chi connectivity index (χ4n) is 5.19. The van der Waals surface area contributed by atoms with E-state index in [1.54, 1.807) is 0 Å². The molecule has 2 rings (SSSR count). The number of benzene rings is 2. The molecule has 0 aliphatic carbocycles. The molecular formula is C28H42BaS+2. The van der Waals surface area contributed by atoms with E-state index >= 15 is 0 Å². The van der Waals surface area contributed by atoms with Crippen LogP contribution in [-0.4, -0.2) is 48.9 Å². The summed E-state index contributed by atoms with van der Waals surface area (Å²) >= 11 is 1.95. The van der Waals surface area contributed by atoms with E-state index < -0.39 is 0 Å². The van der Waals surface area contributed by atoms with Crippen LogP contribution in [0, 0.1) is 10.8 Å². The van der Waals surface area contributed by atoms with Crippen LogP contribution in [0.4, 0.5) is 0 Å². The third kappa shape index (κ3) is 8.37. The van der Waals surface area contributed by atoms with Gasteiger partial charge in [0.1, 0.15) is 0 Å². The average molecular weight is 548 g/mol. The molecule has 0 bridgehead atoms. The summed E-state index contributed by atoms with van der Waals surface area (Å²) in [7, 11) is 0. The normalized spacial score (nSPS) is 13.1. The van der Waals surface area contributed by atoms with Crippen LogP contribution in [-0.2, 0) is 10.8 Å². The Hall–Kier alpha value is 0.361. The molecule has 0 amide bonds. The van der Waals surface area contributed by atoms with Gasteiger partial charge in [-0.2, -0.15) is 0 Å². The van der Waals surface area contributed by atoms with Crippen LogP contribution in [0.1, 0.15) is 93.2 Å². The van der Waals surface area contributed by atoms with Crippen LogP contribution >= 0.6 is 11.8 Å². The second kappa shape index (κ2) is 10.5. The molecule has 0 saturated heterocycles. The first-order valence-electron chi connectivity index (χ1n) is 11.0. The molecule has 0 aromatic heterocycles. The van der Waals surface area contributed by atoms with Gasteiger partial charge >= 0.3 is 48.9 Å². The van der Waals surface area contributed by atoms with Gasteiger partial charge in [-0.3, -0.25) is 0 Å². The largest absolute Gasteiger partial charge is 2.00 e.